The average molecular weight is 253 g/mol. The predicted octanol–water partition coefficient (Wildman–Crippen LogP) is 2.36. The normalized spacial score (nSPS) is 17.9. The van der Waals surface area contributed by atoms with E-state index in [0.29, 0.717) is 11.8 Å². The van der Waals surface area contributed by atoms with Crippen molar-refractivity contribution in [3.8, 4) is 0 Å². The van der Waals surface area contributed by atoms with Crippen molar-refractivity contribution < 1.29 is 4.79 Å². The zero-order valence-electron chi connectivity index (χ0n) is 9.97. The van der Waals surface area contributed by atoms with Gasteiger partial charge in [0.15, 0.2) is 5.16 Å². The van der Waals surface area contributed by atoms with Crippen LogP contribution >= 0.6 is 11.8 Å². The number of nitrogens with two attached hydrogens (primary N) is 1. The van der Waals surface area contributed by atoms with Crippen molar-refractivity contribution in [2.75, 3.05) is 5.75 Å². The van der Waals surface area contributed by atoms with E-state index in [1.165, 1.54) is 50.3 Å². The summed E-state index contributed by atoms with van der Waals surface area (Å²) in [7, 11) is 0. The number of carbonyl (C=O) groups is 1. The average Bonchev–Trinajstić information content (AvgIpc) is 2.60. The topological polar surface area (TPSA) is 60.9 Å². The monoisotopic (exact) mass is 253 g/mol. The van der Waals surface area contributed by atoms with Crippen molar-refractivity contribution in [2.24, 2.45) is 5.73 Å². The van der Waals surface area contributed by atoms with Gasteiger partial charge in [0.25, 0.3) is 0 Å². The van der Waals surface area contributed by atoms with Crippen molar-refractivity contribution in [1.29, 1.82) is 0 Å². The van der Waals surface area contributed by atoms with Gasteiger partial charge >= 0.3 is 0 Å². The highest BCUT2D eigenvalue weighted by Gasteiger charge is 2.17. The molecule has 0 radical (unpaired) electrons. The van der Waals surface area contributed by atoms with Crippen molar-refractivity contribution in [3.05, 3.63) is 12.4 Å². The van der Waals surface area contributed by atoms with E-state index in [9.17, 15) is 4.79 Å². The molecule has 5 heteroatoms. The molecule has 0 atom stereocenters. The molecule has 1 fully saturated rings. The molecule has 0 spiro atoms. The van der Waals surface area contributed by atoms with Crippen LogP contribution in [-0.4, -0.2) is 21.2 Å². The van der Waals surface area contributed by atoms with Gasteiger partial charge in [0.1, 0.15) is 0 Å². The highest BCUT2D eigenvalue weighted by Crippen LogP contribution is 2.30. The molecule has 1 heterocycles. The quantitative estimate of drug-likeness (QED) is 0.662. The summed E-state index contributed by atoms with van der Waals surface area (Å²) >= 11 is 1.44. The predicted molar refractivity (Wildman–Crippen MR) is 68.9 cm³/mol. The summed E-state index contributed by atoms with van der Waals surface area (Å²) < 4.78 is 2.22. The smallest absolute Gasteiger partial charge is 0.227 e. The van der Waals surface area contributed by atoms with E-state index in [4.69, 9.17) is 5.73 Å². The van der Waals surface area contributed by atoms with Crippen LogP contribution in [0.5, 0.6) is 0 Å². The first kappa shape index (κ1) is 12.5. The largest absolute Gasteiger partial charge is 0.369 e. The van der Waals surface area contributed by atoms with Crippen molar-refractivity contribution in [1.82, 2.24) is 9.55 Å². The van der Waals surface area contributed by atoms with Crippen molar-refractivity contribution in [2.45, 2.75) is 49.7 Å². The third-order valence-electron chi connectivity index (χ3n) is 3.19. The first-order valence-corrected chi connectivity index (χ1v) is 7.20. The summed E-state index contributed by atoms with van der Waals surface area (Å²) in [5.74, 6) is 0.0226. The first-order valence-electron chi connectivity index (χ1n) is 6.21. The Balaban J connectivity index is 2.03. The molecule has 2 N–H and O–H groups in total. The molecule has 1 aromatic heterocycles. The van der Waals surface area contributed by atoms with Crippen molar-refractivity contribution >= 4 is 17.7 Å². The minimum Gasteiger partial charge on any atom is -0.369 e. The van der Waals surface area contributed by atoms with E-state index in [2.05, 4.69) is 9.55 Å². The molecule has 0 aromatic carbocycles. The summed E-state index contributed by atoms with van der Waals surface area (Å²) in [6, 6.07) is 0.551. The van der Waals surface area contributed by atoms with Gasteiger partial charge in [0, 0.05) is 18.4 Å². The van der Waals surface area contributed by atoms with Gasteiger partial charge in [-0.1, -0.05) is 37.4 Å². The number of thioether (sulfide) groups is 1. The number of imidazole rings is 1. The van der Waals surface area contributed by atoms with E-state index >= 15 is 0 Å². The van der Waals surface area contributed by atoms with Gasteiger partial charge in [0.2, 0.25) is 5.91 Å². The minimum absolute atomic E-state index is 0.287. The Bertz CT molecular complexity index is 370. The van der Waals surface area contributed by atoms with Gasteiger partial charge < -0.3 is 10.3 Å². The fourth-order valence-electron chi connectivity index (χ4n) is 2.36. The van der Waals surface area contributed by atoms with Crippen molar-refractivity contribution in [3.63, 3.8) is 0 Å². The standard InChI is InChI=1S/C12H19N3OS/c13-11(16)9-17-12-14-7-8-15(12)10-5-3-1-2-4-6-10/h7-8,10H,1-6,9H2,(H2,13,16). The number of primary amides is 1. The molecule has 1 saturated carbocycles. The molecule has 4 nitrogen and oxygen atoms in total. The summed E-state index contributed by atoms with van der Waals surface area (Å²) in [4.78, 5) is 15.1. The molecule has 0 aliphatic heterocycles. The molecule has 0 unspecified atom stereocenters. The van der Waals surface area contributed by atoms with Crippen LogP contribution in [-0.2, 0) is 4.79 Å². The number of carbonyl (C=O) groups excluding carboxylic acids is 1. The van der Waals surface area contributed by atoms with Gasteiger partial charge in [-0.25, -0.2) is 4.98 Å². The fourth-order valence-corrected chi connectivity index (χ4v) is 3.13. The summed E-state index contributed by atoms with van der Waals surface area (Å²) in [5.41, 5.74) is 5.17. The van der Waals surface area contributed by atoms with Crippen LogP contribution in [0.4, 0.5) is 0 Å². The summed E-state index contributed by atoms with van der Waals surface area (Å²) in [6.07, 6.45) is 11.6. The van der Waals surface area contributed by atoms with E-state index in [0.717, 1.165) is 5.16 Å². The second-order valence-corrected chi connectivity index (χ2v) is 5.46. The lowest BCUT2D eigenvalue weighted by atomic mass is 10.1. The summed E-state index contributed by atoms with van der Waals surface area (Å²) in [5, 5.41) is 0.927. The van der Waals surface area contributed by atoms with Crippen LogP contribution in [0.25, 0.3) is 0 Å². The second kappa shape index (κ2) is 6.10. The maximum atomic E-state index is 10.8. The van der Waals surface area contributed by atoms with Crippen LogP contribution in [0.2, 0.25) is 0 Å². The molecular formula is C12H19N3OS. The van der Waals surface area contributed by atoms with Crippen LogP contribution in [0.1, 0.15) is 44.6 Å². The highest BCUT2D eigenvalue weighted by atomic mass is 32.2. The number of hydrogen-bond acceptors (Lipinski definition) is 3. The van der Waals surface area contributed by atoms with E-state index in [1.54, 1.807) is 0 Å². The van der Waals surface area contributed by atoms with Crippen LogP contribution in [0.15, 0.2) is 17.6 Å². The summed E-state index contributed by atoms with van der Waals surface area (Å²) in [6.45, 7) is 0. The van der Waals surface area contributed by atoms with Crippen LogP contribution in [0.3, 0.4) is 0 Å². The third kappa shape index (κ3) is 3.49. The Hall–Kier alpha value is -0.970. The molecule has 0 saturated heterocycles. The molecule has 1 aliphatic carbocycles. The Morgan fingerprint density at radius 3 is 2.76 bits per heavy atom. The zero-order chi connectivity index (χ0) is 12.1. The molecule has 0 bridgehead atoms. The maximum Gasteiger partial charge on any atom is 0.227 e. The maximum absolute atomic E-state index is 10.8. The highest BCUT2D eigenvalue weighted by molar-refractivity contribution is 7.99. The minimum atomic E-state index is -0.287. The first-order chi connectivity index (χ1) is 8.27. The van der Waals surface area contributed by atoms with Gasteiger partial charge in [-0.15, -0.1) is 0 Å². The lowest BCUT2D eigenvalue weighted by molar-refractivity contribution is -0.115. The van der Waals surface area contributed by atoms with Gasteiger partial charge in [-0.2, -0.15) is 0 Å². The Kier molecular flexibility index (Phi) is 4.48. The van der Waals surface area contributed by atoms with Gasteiger partial charge in [0.05, 0.1) is 5.75 Å². The third-order valence-corrected chi connectivity index (χ3v) is 4.20. The van der Waals surface area contributed by atoms with Gasteiger partial charge in [-0.05, 0) is 12.8 Å². The molecule has 94 valence electrons. The molecule has 1 aromatic rings. The Labute approximate surface area is 106 Å². The van der Waals surface area contributed by atoms with E-state index in [1.807, 2.05) is 12.4 Å². The zero-order valence-corrected chi connectivity index (χ0v) is 10.8. The lowest BCUT2D eigenvalue weighted by Gasteiger charge is -2.18. The number of amides is 1. The SMILES string of the molecule is NC(=O)CSc1nccn1C1CCCCCC1. The molecule has 1 aliphatic rings. The van der Waals surface area contributed by atoms with E-state index in [-0.39, 0.29) is 5.91 Å². The Morgan fingerprint density at radius 1 is 1.41 bits per heavy atom. The second-order valence-electron chi connectivity index (χ2n) is 4.52. The molecular weight excluding hydrogens is 234 g/mol. The lowest BCUT2D eigenvalue weighted by Crippen LogP contribution is -2.14. The Morgan fingerprint density at radius 2 is 2.12 bits per heavy atom. The van der Waals surface area contributed by atoms with Crippen LogP contribution < -0.4 is 5.73 Å². The number of nitrogens with zero attached hydrogens (tertiary/aromatic N) is 2. The molecule has 17 heavy (non-hydrogen) atoms. The molecule has 2 rings (SSSR count). The fraction of sp³-hybridized carbons (Fsp3) is 0.667. The number of aromatic nitrogens is 2. The van der Waals surface area contributed by atoms with Crippen LogP contribution in [0, 0.1) is 0 Å². The molecule has 1 amide bonds. The van der Waals surface area contributed by atoms with Gasteiger partial charge in [-0.3, -0.25) is 4.79 Å². The number of rotatable bonds is 4. The number of hydrogen-bond donors (Lipinski definition) is 1. The van der Waals surface area contributed by atoms with E-state index < -0.39 is 0 Å².